The van der Waals surface area contributed by atoms with Crippen molar-refractivity contribution >= 4 is 23.2 Å². The predicted octanol–water partition coefficient (Wildman–Crippen LogP) is 1.77. The van der Waals surface area contributed by atoms with Crippen molar-refractivity contribution < 1.29 is 14.5 Å². The Hall–Kier alpha value is -1.66. The summed E-state index contributed by atoms with van der Waals surface area (Å²) in [6.07, 6.45) is 0.760. The van der Waals surface area contributed by atoms with E-state index in [0.29, 0.717) is 13.2 Å². The van der Waals surface area contributed by atoms with Crippen molar-refractivity contribution in [2.45, 2.75) is 12.5 Å². The maximum absolute atomic E-state index is 11.9. The van der Waals surface area contributed by atoms with Crippen molar-refractivity contribution in [2.75, 3.05) is 13.2 Å². The Morgan fingerprint density at radius 2 is 2.33 bits per heavy atom. The fourth-order valence-corrected chi connectivity index (χ4v) is 1.97. The van der Waals surface area contributed by atoms with Gasteiger partial charge in [-0.1, -0.05) is 11.6 Å². The standard InChI is InChI=1S/C11H11ClN2O4/c12-10-5-8(14(16)17)1-2-9(10)11(15)13-7-3-4-18-6-7/h1-2,5,7H,3-4,6H2,(H,13,15). The summed E-state index contributed by atoms with van der Waals surface area (Å²) >= 11 is 5.86. The van der Waals surface area contributed by atoms with Gasteiger partial charge in [0.1, 0.15) is 0 Å². The lowest BCUT2D eigenvalue weighted by molar-refractivity contribution is -0.384. The largest absolute Gasteiger partial charge is 0.379 e. The van der Waals surface area contributed by atoms with Gasteiger partial charge in [-0.3, -0.25) is 14.9 Å². The monoisotopic (exact) mass is 270 g/mol. The van der Waals surface area contributed by atoms with Gasteiger partial charge >= 0.3 is 0 Å². The molecule has 1 unspecified atom stereocenters. The van der Waals surface area contributed by atoms with E-state index in [1.54, 1.807) is 0 Å². The van der Waals surface area contributed by atoms with E-state index in [1.165, 1.54) is 18.2 Å². The molecule has 1 heterocycles. The zero-order valence-electron chi connectivity index (χ0n) is 9.39. The topological polar surface area (TPSA) is 81.5 Å². The summed E-state index contributed by atoms with van der Waals surface area (Å²) in [6, 6.07) is 3.75. The number of non-ortho nitro benzene ring substituents is 1. The molecule has 1 aliphatic heterocycles. The number of hydrogen-bond acceptors (Lipinski definition) is 4. The Morgan fingerprint density at radius 1 is 1.56 bits per heavy atom. The highest BCUT2D eigenvalue weighted by molar-refractivity contribution is 6.34. The SMILES string of the molecule is O=C(NC1CCOC1)c1ccc([N+](=O)[O-])cc1Cl. The summed E-state index contributed by atoms with van der Waals surface area (Å²) in [5.74, 6) is -0.342. The van der Waals surface area contributed by atoms with Gasteiger partial charge in [0.05, 0.1) is 28.2 Å². The molecule has 1 amide bonds. The maximum Gasteiger partial charge on any atom is 0.270 e. The second-order valence-corrected chi connectivity index (χ2v) is 4.36. The Labute approximate surface area is 108 Å². The molecule has 7 heteroatoms. The van der Waals surface area contributed by atoms with E-state index in [1.807, 2.05) is 0 Å². The fraction of sp³-hybridized carbons (Fsp3) is 0.364. The summed E-state index contributed by atoms with van der Waals surface area (Å²) in [5.41, 5.74) is 0.0925. The van der Waals surface area contributed by atoms with Crippen LogP contribution in [-0.2, 0) is 4.74 Å². The summed E-state index contributed by atoms with van der Waals surface area (Å²) in [6.45, 7) is 1.11. The normalized spacial score (nSPS) is 18.6. The van der Waals surface area contributed by atoms with E-state index in [0.717, 1.165) is 6.42 Å². The Bertz CT molecular complexity index is 486. The third-order valence-corrected chi connectivity index (χ3v) is 2.99. The number of hydrogen-bond donors (Lipinski definition) is 1. The summed E-state index contributed by atoms with van der Waals surface area (Å²) < 4.78 is 5.14. The average molecular weight is 271 g/mol. The van der Waals surface area contributed by atoms with Crippen LogP contribution in [0.25, 0.3) is 0 Å². The number of nitrogens with zero attached hydrogens (tertiary/aromatic N) is 1. The number of ether oxygens (including phenoxy) is 1. The van der Waals surface area contributed by atoms with Crippen LogP contribution < -0.4 is 5.32 Å². The van der Waals surface area contributed by atoms with Crippen molar-refractivity contribution in [2.24, 2.45) is 0 Å². The zero-order chi connectivity index (χ0) is 13.1. The van der Waals surface area contributed by atoms with Crippen LogP contribution in [0.4, 0.5) is 5.69 Å². The van der Waals surface area contributed by atoms with E-state index in [9.17, 15) is 14.9 Å². The molecule has 6 nitrogen and oxygen atoms in total. The van der Waals surface area contributed by atoms with E-state index in [-0.39, 0.29) is 28.2 Å². The molecule has 2 rings (SSSR count). The van der Waals surface area contributed by atoms with Gasteiger partial charge in [0.15, 0.2) is 0 Å². The Morgan fingerprint density at radius 3 is 2.89 bits per heavy atom. The number of carbonyl (C=O) groups excluding carboxylic acids is 1. The van der Waals surface area contributed by atoms with E-state index < -0.39 is 4.92 Å². The number of nitro benzene ring substituents is 1. The van der Waals surface area contributed by atoms with Crippen LogP contribution in [0.3, 0.4) is 0 Å². The fourth-order valence-electron chi connectivity index (χ4n) is 1.71. The van der Waals surface area contributed by atoms with Gasteiger partial charge in [-0.25, -0.2) is 0 Å². The number of halogens is 1. The van der Waals surface area contributed by atoms with Gasteiger partial charge < -0.3 is 10.1 Å². The minimum absolute atomic E-state index is 0.0243. The van der Waals surface area contributed by atoms with Gasteiger partial charge in [0.2, 0.25) is 0 Å². The number of nitrogens with one attached hydrogen (secondary N) is 1. The molecule has 18 heavy (non-hydrogen) atoms. The number of amides is 1. The van der Waals surface area contributed by atoms with Crippen LogP contribution in [0.2, 0.25) is 5.02 Å². The van der Waals surface area contributed by atoms with Crippen molar-refractivity contribution in [1.29, 1.82) is 0 Å². The quantitative estimate of drug-likeness (QED) is 0.670. The van der Waals surface area contributed by atoms with Crippen LogP contribution in [0.15, 0.2) is 18.2 Å². The van der Waals surface area contributed by atoms with Gasteiger partial charge in [0, 0.05) is 18.7 Å². The first-order chi connectivity index (χ1) is 8.58. The molecule has 0 spiro atoms. The number of nitro groups is 1. The Kier molecular flexibility index (Phi) is 3.78. The van der Waals surface area contributed by atoms with Crippen LogP contribution in [0, 0.1) is 10.1 Å². The third kappa shape index (κ3) is 2.77. The molecule has 0 aliphatic carbocycles. The first-order valence-corrected chi connectivity index (χ1v) is 5.78. The molecule has 0 aromatic heterocycles. The molecule has 1 saturated heterocycles. The van der Waals surface area contributed by atoms with Crippen molar-refractivity contribution in [3.63, 3.8) is 0 Å². The number of carbonyl (C=O) groups is 1. The van der Waals surface area contributed by atoms with Gasteiger partial charge in [-0.05, 0) is 12.5 Å². The molecule has 0 bridgehead atoms. The highest BCUT2D eigenvalue weighted by Gasteiger charge is 2.21. The first-order valence-electron chi connectivity index (χ1n) is 5.40. The van der Waals surface area contributed by atoms with Crippen molar-refractivity contribution in [3.8, 4) is 0 Å². The molecule has 1 aliphatic rings. The van der Waals surface area contributed by atoms with E-state index in [2.05, 4.69) is 5.32 Å². The smallest absolute Gasteiger partial charge is 0.270 e. The lowest BCUT2D eigenvalue weighted by atomic mass is 10.1. The highest BCUT2D eigenvalue weighted by atomic mass is 35.5. The third-order valence-electron chi connectivity index (χ3n) is 2.67. The maximum atomic E-state index is 11.9. The molecule has 1 atom stereocenters. The molecule has 1 aromatic carbocycles. The summed E-state index contributed by atoms with van der Waals surface area (Å²) in [7, 11) is 0. The lowest BCUT2D eigenvalue weighted by Crippen LogP contribution is -2.35. The highest BCUT2D eigenvalue weighted by Crippen LogP contribution is 2.22. The average Bonchev–Trinajstić information content (AvgIpc) is 2.81. The molecule has 1 aromatic rings. The van der Waals surface area contributed by atoms with Gasteiger partial charge in [-0.15, -0.1) is 0 Å². The summed E-state index contributed by atoms with van der Waals surface area (Å²) in [5, 5.41) is 13.4. The van der Waals surface area contributed by atoms with E-state index >= 15 is 0 Å². The molecule has 0 saturated carbocycles. The van der Waals surface area contributed by atoms with Gasteiger partial charge in [0.25, 0.3) is 11.6 Å². The lowest BCUT2D eigenvalue weighted by Gasteiger charge is -2.11. The number of rotatable bonds is 3. The molecule has 0 radical (unpaired) electrons. The second-order valence-electron chi connectivity index (χ2n) is 3.96. The predicted molar refractivity (Wildman–Crippen MR) is 64.8 cm³/mol. The molecule has 1 fully saturated rings. The van der Waals surface area contributed by atoms with E-state index in [4.69, 9.17) is 16.3 Å². The van der Waals surface area contributed by atoms with Crippen LogP contribution in [0.5, 0.6) is 0 Å². The van der Waals surface area contributed by atoms with Gasteiger partial charge in [-0.2, -0.15) is 0 Å². The molecular weight excluding hydrogens is 260 g/mol. The van der Waals surface area contributed by atoms with Crippen LogP contribution in [-0.4, -0.2) is 30.1 Å². The second kappa shape index (κ2) is 5.32. The first kappa shape index (κ1) is 12.8. The van der Waals surface area contributed by atoms with Crippen molar-refractivity contribution in [1.82, 2.24) is 5.32 Å². The molecular formula is C11H11ClN2O4. The Balaban J connectivity index is 2.12. The molecule has 1 N–H and O–H groups in total. The van der Waals surface area contributed by atoms with Crippen LogP contribution in [0.1, 0.15) is 16.8 Å². The minimum Gasteiger partial charge on any atom is -0.379 e. The molecule has 96 valence electrons. The van der Waals surface area contributed by atoms with Crippen molar-refractivity contribution in [3.05, 3.63) is 38.9 Å². The minimum atomic E-state index is -0.557. The summed E-state index contributed by atoms with van der Waals surface area (Å²) in [4.78, 5) is 21.9. The van der Waals surface area contributed by atoms with Crippen LogP contribution >= 0.6 is 11.6 Å². The number of benzene rings is 1. The zero-order valence-corrected chi connectivity index (χ0v) is 10.1.